The third-order valence-corrected chi connectivity index (χ3v) is 7.61. The molecule has 1 aliphatic carbocycles. The molecular weight excluding hydrogens is 470 g/mol. The van der Waals surface area contributed by atoms with Crippen LogP contribution >= 0.6 is 0 Å². The number of pyridine rings is 1. The van der Waals surface area contributed by atoms with Crippen molar-refractivity contribution in [3.63, 3.8) is 0 Å². The van der Waals surface area contributed by atoms with E-state index < -0.39 is 10.1 Å². The van der Waals surface area contributed by atoms with Crippen LogP contribution in [0, 0.1) is 0 Å². The number of aryl methyl sites for hydroxylation is 1. The van der Waals surface area contributed by atoms with Crippen LogP contribution in [0.5, 0.6) is 5.75 Å². The molecule has 3 aromatic carbocycles. The molecule has 5 nitrogen and oxygen atoms in total. The molecule has 0 amide bonds. The summed E-state index contributed by atoms with van der Waals surface area (Å²) in [5.41, 5.74) is 8.72. The van der Waals surface area contributed by atoms with Crippen LogP contribution in [-0.4, -0.2) is 25.8 Å². The van der Waals surface area contributed by atoms with Crippen LogP contribution in [-0.2, 0) is 29.5 Å². The molecule has 6 heteroatoms. The van der Waals surface area contributed by atoms with Crippen LogP contribution in [0.3, 0.4) is 0 Å². The minimum atomic E-state index is -3.95. The molecule has 0 aliphatic heterocycles. The summed E-state index contributed by atoms with van der Waals surface area (Å²) in [5, 5.41) is 1.06. The van der Waals surface area contributed by atoms with E-state index in [0.29, 0.717) is 19.4 Å². The molecule has 1 heterocycles. The van der Waals surface area contributed by atoms with Gasteiger partial charge in [0.15, 0.2) is 0 Å². The average molecular weight is 501 g/mol. The highest BCUT2D eigenvalue weighted by Crippen LogP contribution is 2.31. The van der Waals surface area contributed by atoms with Gasteiger partial charge >= 0.3 is 0 Å². The van der Waals surface area contributed by atoms with Crippen molar-refractivity contribution in [3.8, 4) is 16.9 Å². The number of nitrogens with zero attached hydrogens (tertiary/aromatic N) is 1. The molecule has 0 fully saturated rings. The Morgan fingerprint density at radius 1 is 0.889 bits per heavy atom. The Kier molecular flexibility index (Phi) is 6.90. The van der Waals surface area contributed by atoms with Gasteiger partial charge in [0.25, 0.3) is 10.1 Å². The van der Waals surface area contributed by atoms with Gasteiger partial charge in [0.1, 0.15) is 12.3 Å². The summed E-state index contributed by atoms with van der Waals surface area (Å²) < 4.78 is 39.1. The molecule has 0 bridgehead atoms. The van der Waals surface area contributed by atoms with Gasteiger partial charge in [-0.05, 0) is 59.7 Å². The molecule has 1 N–H and O–H groups in total. The number of hydrogen-bond acceptors (Lipinski definition) is 3. The lowest BCUT2D eigenvalue weighted by Gasteiger charge is -2.08. The van der Waals surface area contributed by atoms with Gasteiger partial charge < -0.3 is 4.74 Å². The highest BCUT2D eigenvalue weighted by molar-refractivity contribution is 7.85. The van der Waals surface area contributed by atoms with E-state index in [9.17, 15) is 8.42 Å². The van der Waals surface area contributed by atoms with Crippen molar-refractivity contribution >= 4 is 27.1 Å². The van der Waals surface area contributed by atoms with Gasteiger partial charge in [-0.3, -0.25) is 4.55 Å². The highest BCUT2D eigenvalue weighted by Gasteiger charge is 2.20. The van der Waals surface area contributed by atoms with E-state index in [0.717, 1.165) is 35.2 Å². The number of hydrogen-bond donors (Lipinski definition) is 1. The maximum atomic E-state index is 11.2. The van der Waals surface area contributed by atoms with Crippen LogP contribution in [0.25, 0.3) is 28.1 Å². The second kappa shape index (κ2) is 10.2. The van der Waals surface area contributed by atoms with E-state index in [-0.39, 0.29) is 5.75 Å². The number of ether oxygens (including phenoxy) is 1. The Morgan fingerprint density at radius 2 is 1.69 bits per heavy atom. The minimum Gasteiger partial charge on any atom is -0.497 e. The van der Waals surface area contributed by atoms with E-state index in [2.05, 4.69) is 71.3 Å². The largest absolute Gasteiger partial charge is 0.497 e. The topological polar surface area (TPSA) is 67.5 Å². The van der Waals surface area contributed by atoms with Crippen molar-refractivity contribution < 1.29 is 22.3 Å². The maximum absolute atomic E-state index is 11.2. The van der Waals surface area contributed by atoms with Crippen molar-refractivity contribution in [1.82, 2.24) is 0 Å². The third-order valence-electron chi connectivity index (χ3n) is 6.81. The SMILES string of the molecule is COc1ccc2c(ccc(/C=C3\Cc4ccc(-c5ccccc5)cc4C3)[n+]2CCCCS(=O)(=O)O)c1. The summed E-state index contributed by atoms with van der Waals surface area (Å²) in [5.74, 6) is 0.578. The molecular formula is C30H30NO4S+. The number of fused-ring (bicyclic) bond motifs is 2. The van der Waals surface area contributed by atoms with Crippen molar-refractivity contribution in [2.45, 2.75) is 32.2 Å². The number of methoxy groups -OCH3 is 1. The minimum absolute atomic E-state index is 0.221. The summed E-state index contributed by atoms with van der Waals surface area (Å²) in [6.45, 7) is 0.656. The van der Waals surface area contributed by atoms with E-state index >= 15 is 0 Å². The quantitative estimate of drug-likeness (QED) is 0.193. The number of aromatic nitrogens is 1. The molecule has 0 radical (unpaired) electrons. The van der Waals surface area contributed by atoms with Gasteiger partial charge in [-0.15, -0.1) is 0 Å². The van der Waals surface area contributed by atoms with E-state index in [1.807, 2.05) is 18.2 Å². The number of allylic oxidation sites excluding steroid dienone is 1. The van der Waals surface area contributed by atoms with Crippen molar-refractivity contribution in [1.29, 1.82) is 0 Å². The zero-order chi connectivity index (χ0) is 25.1. The van der Waals surface area contributed by atoms with Gasteiger partial charge in [0.05, 0.1) is 18.2 Å². The summed E-state index contributed by atoms with van der Waals surface area (Å²) in [6, 6.07) is 27.4. The van der Waals surface area contributed by atoms with Gasteiger partial charge in [-0.1, -0.05) is 54.1 Å². The first-order chi connectivity index (χ1) is 17.4. The zero-order valence-corrected chi connectivity index (χ0v) is 21.2. The second-order valence-electron chi connectivity index (χ2n) is 9.33. The predicted octanol–water partition coefficient (Wildman–Crippen LogP) is 5.65. The smallest absolute Gasteiger partial charge is 0.264 e. The van der Waals surface area contributed by atoms with E-state index in [1.165, 1.54) is 27.8 Å². The fourth-order valence-electron chi connectivity index (χ4n) is 5.01. The lowest BCUT2D eigenvalue weighted by molar-refractivity contribution is -0.673. The first kappa shape index (κ1) is 24.2. The van der Waals surface area contributed by atoms with Crippen LogP contribution in [0.2, 0.25) is 0 Å². The molecule has 1 aromatic heterocycles. The molecule has 0 saturated carbocycles. The van der Waals surface area contributed by atoms with Crippen LogP contribution in [0.1, 0.15) is 29.7 Å². The molecule has 1 aliphatic rings. The molecule has 36 heavy (non-hydrogen) atoms. The Morgan fingerprint density at radius 3 is 2.47 bits per heavy atom. The fraction of sp³-hybridized carbons (Fsp3) is 0.233. The van der Waals surface area contributed by atoms with Crippen LogP contribution < -0.4 is 9.30 Å². The van der Waals surface area contributed by atoms with E-state index in [4.69, 9.17) is 9.29 Å². The van der Waals surface area contributed by atoms with E-state index in [1.54, 1.807) is 7.11 Å². The number of benzene rings is 3. The molecule has 0 atom stereocenters. The Balaban J connectivity index is 1.45. The lowest BCUT2D eigenvalue weighted by Crippen LogP contribution is -2.38. The summed E-state index contributed by atoms with van der Waals surface area (Å²) >= 11 is 0. The Hall–Kier alpha value is -3.48. The zero-order valence-electron chi connectivity index (χ0n) is 20.4. The number of rotatable bonds is 8. The molecule has 0 spiro atoms. The fourth-order valence-corrected chi connectivity index (χ4v) is 5.58. The normalized spacial score (nSPS) is 14.3. The Bertz CT molecular complexity index is 1540. The lowest BCUT2D eigenvalue weighted by atomic mass is 10.0. The Labute approximate surface area is 212 Å². The molecule has 0 saturated heterocycles. The monoisotopic (exact) mass is 500 g/mol. The van der Waals surface area contributed by atoms with Gasteiger partial charge in [-0.2, -0.15) is 13.0 Å². The highest BCUT2D eigenvalue weighted by atomic mass is 32.2. The first-order valence-corrected chi connectivity index (χ1v) is 13.8. The molecule has 0 unspecified atom stereocenters. The van der Waals surface area contributed by atoms with Crippen LogP contribution in [0.15, 0.2) is 84.4 Å². The van der Waals surface area contributed by atoms with Crippen molar-refractivity contribution in [2.75, 3.05) is 12.9 Å². The first-order valence-electron chi connectivity index (χ1n) is 12.2. The molecule has 5 rings (SSSR count). The standard InChI is InChI=1S/C30H29NO4S/c1-35-29-13-14-30-26(21-29)11-12-28(31(30)15-5-6-16-36(32,33)34)19-22-17-24-9-10-25(20-27(24)18-22)23-7-3-2-4-8-23/h2-4,7-14,19-21H,5-6,15-18H2,1H3/p+1/b22-19+. The summed E-state index contributed by atoms with van der Waals surface area (Å²) in [6.07, 6.45) is 5.16. The maximum Gasteiger partial charge on any atom is 0.264 e. The van der Waals surface area contributed by atoms with Crippen LogP contribution in [0.4, 0.5) is 0 Å². The summed E-state index contributed by atoms with van der Waals surface area (Å²) in [7, 11) is -2.29. The molecule has 184 valence electrons. The van der Waals surface area contributed by atoms with Crippen molar-refractivity contribution in [2.24, 2.45) is 0 Å². The molecule has 4 aromatic rings. The summed E-state index contributed by atoms with van der Waals surface area (Å²) in [4.78, 5) is 0. The number of unbranched alkanes of at least 4 members (excludes halogenated alkanes) is 1. The predicted molar refractivity (Wildman–Crippen MR) is 144 cm³/mol. The van der Waals surface area contributed by atoms with Crippen molar-refractivity contribution in [3.05, 3.63) is 101 Å². The average Bonchev–Trinajstić information content (AvgIpc) is 3.28. The third kappa shape index (κ3) is 5.50. The van der Waals surface area contributed by atoms with Gasteiger partial charge in [0.2, 0.25) is 11.2 Å². The van der Waals surface area contributed by atoms with Gasteiger partial charge in [-0.25, -0.2) is 0 Å². The second-order valence-corrected chi connectivity index (χ2v) is 10.9. The van der Waals surface area contributed by atoms with Gasteiger partial charge in [0, 0.05) is 24.6 Å².